The monoisotopic (exact) mass is 460 g/mol. The van der Waals surface area contributed by atoms with Crippen molar-refractivity contribution >= 4 is 17.5 Å². The minimum absolute atomic E-state index is 0.154. The average Bonchev–Trinajstić information content (AvgIpc) is 3.29. The molecule has 2 atom stereocenters. The highest BCUT2D eigenvalue weighted by Gasteiger charge is 2.35. The third-order valence-corrected chi connectivity index (χ3v) is 6.91. The minimum Gasteiger partial charge on any atom is -0.496 e. The highest BCUT2D eigenvalue weighted by atomic mass is 35.5. The van der Waals surface area contributed by atoms with Crippen molar-refractivity contribution in [3.05, 3.63) is 61.0 Å². The second-order valence-corrected chi connectivity index (χ2v) is 8.91. The maximum atomic E-state index is 13.6. The summed E-state index contributed by atoms with van der Waals surface area (Å²) < 4.78 is 16.8. The first-order valence-corrected chi connectivity index (χ1v) is 11.2. The van der Waals surface area contributed by atoms with Gasteiger partial charge >= 0.3 is 0 Å². The fourth-order valence-corrected chi connectivity index (χ4v) is 5.20. The molecule has 0 saturated carbocycles. The number of hydrogen-bond donors (Lipinski definition) is 1. The van der Waals surface area contributed by atoms with Gasteiger partial charge in [0, 0.05) is 37.4 Å². The van der Waals surface area contributed by atoms with E-state index in [4.69, 9.17) is 25.8 Å². The number of aromatic amines is 1. The second-order valence-electron chi connectivity index (χ2n) is 8.54. The molecular formula is C24H29ClN2O5. The van der Waals surface area contributed by atoms with Crippen LogP contribution in [0.25, 0.3) is 0 Å². The Morgan fingerprint density at radius 3 is 2.72 bits per heavy atom. The van der Waals surface area contributed by atoms with Crippen molar-refractivity contribution in [2.45, 2.75) is 39.3 Å². The lowest BCUT2D eigenvalue weighted by atomic mass is 9.87. The van der Waals surface area contributed by atoms with E-state index in [9.17, 15) is 9.59 Å². The molecule has 0 radical (unpaired) electrons. The number of H-pyrrole nitrogens is 1. The van der Waals surface area contributed by atoms with E-state index in [1.54, 1.807) is 25.0 Å². The topological polar surface area (TPSA) is 80.9 Å². The molecule has 0 bridgehead atoms. The maximum Gasteiger partial charge on any atom is 0.256 e. The fourth-order valence-electron chi connectivity index (χ4n) is 4.84. The number of aryl methyl sites for hydroxylation is 2. The summed E-state index contributed by atoms with van der Waals surface area (Å²) in [7, 11) is 3.19. The Bertz CT molecular complexity index is 1090. The van der Waals surface area contributed by atoms with E-state index in [1.165, 1.54) is 7.11 Å². The van der Waals surface area contributed by atoms with E-state index in [0.29, 0.717) is 53.8 Å². The molecule has 1 aromatic carbocycles. The van der Waals surface area contributed by atoms with Crippen LogP contribution >= 0.6 is 11.6 Å². The molecule has 1 aromatic heterocycles. The Morgan fingerprint density at radius 1 is 1.28 bits per heavy atom. The largest absolute Gasteiger partial charge is 0.496 e. The summed E-state index contributed by atoms with van der Waals surface area (Å²) in [5.74, 6) is 0.488. The molecule has 2 aromatic rings. The predicted molar refractivity (Wildman–Crippen MR) is 122 cm³/mol. The van der Waals surface area contributed by atoms with Crippen molar-refractivity contribution in [2.75, 3.05) is 34.0 Å². The second kappa shape index (κ2) is 9.25. The van der Waals surface area contributed by atoms with E-state index >= 15 is 0 Å². The lowest BCUT2D eigenvalue weighted by molar-refractivity contribution is 0.0443. The van der Waals surface area contributed by atoms with Gasteiger partial charge in [0.15, 0.2) is 0 Å². The lowest BCUT2D eigenvalue weighted by Gasteiger charge is -2.32. The van der Waals surface area contributed by atoms with Gasteiger partial charge in [-0.2, -0.15) is 0 Å². The molecule has 1 saturated heterocycles. The first-order chi connectivity index (χ1) is 15.3. The number of nitrogens with zero attached hydrogens (tertiary/aromatic N) is 1. The maximum absolute atomic E-state index is 13.6. The van der Waals surface area contributed by atoms with Gasteiger partial charge in [-0.25, -0.2) is 0 Å². The number of rotatable bonds is 6. The van der Waals surface area contributed by atoms with Crippen molar-refractivity contribution in [2.24, 2.45) is 5.92 Å². The summed E-state index contributed by atoms with van der Waals surface area (Å²) in [6, 6.07) is 3.81. The molecule has 1 N–H and O–H groups in total. The third-order valence-electron chi connectivity index (χ3n) is 6.51. The molecular weight excluding hydrogens is 432 g/mol. The quantitative estimate of drug-likeness (QED) is 0.712. The minimum atomic E-state index is -0.253. The van der Waals surface area contributed by atoms with Gasteiger partial charge in [-0.3, -0.25) is 9.59 Å². The van der Waals surface area contributed by atoms with Crippen LogP contribution in [0.4, 0.5) is 0 Å². The van der Waals surface area contributed by atoms with E-state index in [1.807, 2.05) is 13.0 Å². The molecule has 1 fully saturated rings. The number of hydrogen-bond acceptors (Lipinski definition) is 5. The molecule has 0 unspecified atom stereocenters. The van der Waals surface area contributed by atoms with Crippen LogP contribution in [-0.2, 0) is 22.4 Å². The average molecular weight is 461 g/mol. The Balaban J connectivity index is 1.71. The van der Waals surface area contributed by atoms with Crippen LogP contribution in [0.15, 0.2) is 16.9 Å². The molecule has 1 amide bonds. The molecule has 0 aliphatic carbocycles. The first kappa shape index (κ1) is 22.8. The number of amides is 1. The van der Waals surface area contributed by atoms with Crippen LogP contribution in [0.2, 0.25) is 5.02 Å². The van der Waals surface area contributed by atoms with Gasteiger partial charge in [0.05, 0.1) is 42.5 Å². The number of methoxy groups -OCH3 is 2. The summed E-state index contributed by atoms with van der Waals surface area (Å²) in [5, 5.41) is 0.434. The van der Waals surface area contributed by atoms with Crippen molar-refractivity contribution in [3.8, 4) is 5.75 Å². The van der Waals surface area contributed by atoms with Crippen LogP contribution in [0, 0.1) is 19.8 Å². The highest BCUT2D eigenvalue weighted by molar-refractivity contribution is 6.35. The molecule has 0 spiro atoms. The van der Waals surface area contributed by atoms with Crippen molar-refractivity contribution in [1.29, 1.82) is 0 Å². The van der Waals surface area contributed by atoms with Gasteiger partial charge in [0.1, 0.15) is 5.75 Å². The van der Waals surface area contributed by atoms with Gasteiger partial charge in [-0.05, 0) is 43.9 Å². The summed E-state index contributed by atoms with van der Waals surface area (Å²) in [4.78, 5) is 30.6. The number of carbonyl (C=O) groups excluding carboxylic acids is 1. The lowest BCUT2D eigenvalue weighted by Crippen LogP contribution is -2.39. The number of halogens is 1. The number of aromatic nitrogens is 1. The van der Waals surface area contributed by atoms with Gasteiger partial charge < -0.3 is 24.1 Å². The normalized spacial score (nSPS) is 19.2. The molecule has 172 valence electrons. The van der Waals surface area contributed by atoms with Crippen molar-refractivity contribution < 1.29 is 19.0 Å². The van der Waals surface area contributed by atoms with Gasteiger partial charge in [-0.15, -0.1) is 0 Å². The molecule has 3 heterocycles. The van der Waals surface area contributed by atoms with Crippen LogP contribution in [0.5, 0.6) is 5.75 Å². The van der Waals surface area contributed by atoms with Crippen molar-refractivity contribution in [1.82, 2.24) is 9.88 Å². The van der Waals surface area contributed by atoms with E-state index in [2.05, 4.69) is 4.98 Å². The number of nitrogens with one attached hydrogen (secondary N) is 1. The van der Waals surface area contributed by atoms with Crippen LogP contribution in [0.3, 0.4) is 0 Å². The number of carbonyl (C=O) groups is 1. The molecule has 7 nitrogen and oxygen atoms in total. The zero-order valence-corrected chi connectivity index (χ0v) is 19.7. The smallest absolute Gasteiger partial charge is 0.256 e. The van der Waals surface area contributed by atoms with Crippen LogP contribution in [-0.4, -0.2) is 49.8 Å². The van der Waals surface area contributed by atoms with Crippen LogP contribution in [0.1, 0.15) is 50.8 Å². The molecule has 8 heteroatoms. The van der Waals surface area contributed by atoms with E-state index < -0.39 is 0 Å². The zero-order chi connectivity index (χ0) is 23.0. The number of fused-ring (bicyclic) bond motifs is 1. The molecule has 2 aliphatic heterocycles. The highest BCUT2D eigenvalue weighted by Crippen LogP contribution is 2.40. The van der Waals surface area contributed by atoms with Gasteiger partial charge in [0.2, 0.25) is 0 Å². The van der Waals surface area contributed by atoms with E-state index in [0.717, 1.165) is 23.1 Å². The Hall–Kier alpha value is -2.35. The third kappa shape index (κ3) is 4.05. The summed E-state index contributed by atoms with van der Waals surface area (Å²) in [6.07, 6.45) is 1.32. The Labute approximate surface area is 192 Å². The predicted octanol–water partition coefficient (Wildman–Crippen LogP) is 3.58. The number of benzene rings is 1. The fraction of sp³-hybridized carbons (Fsp3) is 0.500. The molecule has 4 rings (SSSR count). The summed E-state index contributed by atoms with van der Waals surface area (Å²) in [5.41, 5.74) is 4.20. The molecule has 32 heavy (non-hydrogen) atoms. The zero-order valence-electron chi connectivity index (χ0n) is 18.9. The van der Waals surface area contributed by atoms with Crippen molar-refractivity contribution in [3.63, 3.8) is 0 Å². The summed E-state index contributed by atoms with van der Waals surface area (Å²) in [6.45, 7) is 5.77. The van der Waals surface area contributed by atoms with E-state index in [-0.39, 0.29) is 30.0 Å². The Kier molecular flexibility index (Phi) is 6.60. The SMILES string of the molecule is COc1cc(C)[nH]c(=O)c1CN1CCc2c(C)cc([C@@H](OC)[C@H]3CCOC3)c(Cl)c2C1=O. The first-order valence-electron chi connectivity index (χ1n) is 10.8. The standard InChI is InChI=1S/C24H29ClN2O5/c1-13-9-17(22(31-4)15-6-8-32-12-15)21(25)20-16(13)5-7-27(24(20)29)11-18-19(30-3)10-14(2)26-23(18)28/h9-10,15,22H,5-8,11-12H2,1-4H3,(H,26,28)/t15-,22-/m0/s1. The molecule has 2 aliphatic rings. The number of pyridine rings is 1. The Morgan fingerprint density at radius 2 is 2.06 bits per heavy atom. The van der Waals surface area contributed by atoms with Crippen LogP contribution < -0.4 is 10.3 Å². The number of ether oxygens (including phenoxy) is 3. The van der Waals surface area contributed by atoms with Gasteiger partial charge in [-0.1, -0.05) is 17.7 Å². The summed E-state index contributed by atoms with van der Waals surface area (Å²) >= 11 is 6.86. The van der Waals surface area contributed by atoms with Gasteiger partial charge in [0.25, 0.3) is 11.5 Å².